The van der Waals surface area contributed by atoms with Crippen LogP contribution in [-0.4, -0.2) is 8.42 Å². The summed E-state index contributed by atoms with van der Waals surface area (Å²) in [7, 11) is -3.86. The second-order valence-corrected chi connectivity index (χ2v) is 6.78. The predicted octanol–water partition coefficient (Wildman–Crippen LogP) is 3.29. The van der Waals surface area contributed by atoms with E-state index in [0.29, 0.717) is 11.1 Å². The largest absolute Gasteiger partial charge is 0.270 e. The third-order valence-electron chi connectivity index (χ3n) is 3.70. The number of aryl methyl sites for hydroxylation is 3. The number of nitriles is 1. The fraction of sp³-hybridized carbons (Fsp3) is 0.235. The van der Waals surface area contributed by atoms with Crippen LogP contribution < -0.4 is 4.72 Å². The van der Waals surface area contributed by atoms with Crippen LogP contribution >= 0.6 is 0 Å². The quantitative estimate of drug-likeness (QED) is 0.695. The van der Waals surface area contributed by atoms with Crippen molar-refractivity contribution in [2.45, 2.75) is 32.1 Å². The number of nitrogens with one attached hydrogen (secondary N) is 1. The maximum absolute atomic E-state index is 12.3. The van der Waals surface area contributed by atoms with Crippen LogP contribution in [0.2, 0.25) is 0 Å². The van der Waals surface area contributed by atoms with Gasteiger partial charge in [-0.05, 0) is 42.5 Å². The van der Waals surface area contributed by atoms with Gasteiger partial charge in [0.15, 0.2) is 6.19 Å². The predicted molar refractivity (Wildman–Crippen MR) is 86.7 cm³/mol. The molecule has 0 unspecified atom stereocenters. The Morgan fingerprint density at radius 1 is 1.14 bits per heavy atom. The zero-order valence-electron chi connectivity index (χ0n) is 12.8. The summed E-state index contributed by atoms with van der Waals surface area (Å²) in [6, 6.07) is 11.2. The first kappa shape index (κ1) is 16.1. The fourth-order valence-corrected chi connectivity index (χ4v) is 3.80. The van der Waals surface area contributed by atoms with E-state index in [-0.39, 0.29) is 4.90 Å². The summed E-state index contributed by atoms with van der Waals surface area (Å²) < 4.78 is 26.5. The normalized spacial score (nSPS) is 11.0. The molecule has 0 saturated carbocycles. The molecule has 0 aromatic heterocycles. The minimum absolute atomic E-state index is 0.153. The van der Waals surface area contributed by atoms with Crippen molar-refractivity contribution in [2.24, 2.45) is 0 Å². The van der Waals surface area contributed by atoms with Gasteiger partial charge in [-0.2, -0.15) is 5.26 Å². The molecule has 5 heteroatoms. The standard InChI is InChI=1S/C17H18N2O2S/c1-4-14-8-9-15(10-13(14)3)16-7-5-6-12(2)17(16)22(20,21)19-11-18/h5-10,19H,4H2,1-3H3. The minimum Gasteiger partial charge on any atom is -0.215 e. The van der Waals surface area contributed by atoms with Gasteiger partial charge in [0.2, 0.25) is 0 Å². The molecular weight excluding hydrogens is 296 g/mol. The molecular formula is C17H18N2O2S. The maximum atomic E-state index is 12.3. The van der Waals surface area contributed by atoms with Crippen LogP contribution in [0.1, 0.15) is 23.6 Å². The van der Waals surface area contributed by atoms with Gasteiger partial charge in [0.05, 0.1) is 4.90 Å². The Labute approximate surface area is 131 Å². The first-order chi connectivity index (χ1) is 10.4. The molecule has 114 valence electrons. The van der Waals surface area contributed by atoms with Crippen molar-refractivity contribution in [3.8, 4) is 17.3 Å². The molecule has 0 bridgehead atoms. The highest BCUT2D eigenvalue weighted by atomic mass is 32.2. The van der Waals surface area contributed by atoms with Gasteiger partial charge in [-0.15, -0.1) is 0 Å². The molecule has 2 rings (SSSR count). The molecule has 2 aromatic rings. The Balaban J connectivity index is 2.70. The molecule has 0 atom stereocenters. The Morgan fingerprint density at radius 3 is 2.45 bits per heavy atom. The van der Waals surface area contributed by atoms with Crippen LogP contribution in [0.25, 0.3) is 11.1 Å². The first-order valence-corrected chi connectivity index (χ1v) is 8.49. The molecule has 0 radical (unpaired) electrons. The molecule has 0 aliphatic heterocycles. The van der Waals surface area contributed by atoms with Crippen LogP contribution in [0.15, 0.2) is 41.3 Å². The van der Waals surface area contributed by atoms with Crippen LogP contribution in [0.3, 0.4) is 0 Å². The zero-order chi connectivity index (χ0) is 16.3. The second kappa shape index (κ2) is 6.20. The van der Waals surface area contributed by atoms with Crippen molar-refractivity contribution in [2.75, 3.05) is 0 Å². The monoisotopic (exact) mass is 314 g/mol. The van der Waals surface area contributed by atoms with Crippen molar-refractivity contribution in [3.05, 3.63) is 53.1 Å². The molecule has 0 spiro atoms. The third kappa shape index (κ3) is 2.97. The summed E-state index contributed by atoms with van der Waals surface area (Å²) in [5.74, 6) is 0. The smallest absolute Gasteiger partial charge is 0.215 e. The van der Waals surface area contributed by atoms with Crippen molar-refractivity contribution in [1.82, 2.24) is 4.72 Å². The maximum Gasteiger partial charge on any atom is 0.270 e. The Hall–Kier alpha value is -2.32. The van der Waals surface area contributed by atoms with Gasteiger partial charge >= 0.3 is 0 Å². The lowest BCUT2D eigenvalue weighted by Gasteiger charge is -2.14. The Morgan fingerprint density at radius 2 is 1.86 bits per heavy atom. The molecule has 0 amide bonds. The summed E-state index contributed by atoms with van der Waals surface area (Å²) in [4.78, 5) is 0.153. The number of nitrogens with zero attached hydrogens (tertiary/aromatic N) is 1. The average Bonchev–Trinajstić information content (AvgIpc) is 2.46. The highest BCUT2D eigenvalue weighted by Crippen LogP contribution is 2.31. The van der Waals surface area contributed by atoms with Gasteiger partial charge in [0, 0.05) is 5.56 Å². The lowest BCUT2D eigenvalue weighted by molar-refractivity contribution is 0.591. The molecule has 1 N–H and O–H groups in total. The average molecular weight is 314 g/mol. The van der Waals surface area contributed by atoms with Gasteiger partial charge in [-0.1, -0.05) is 43.3 Å². The highest BCUT2D eigenvalue weighted by Gasteiger charge is 2.21. The SMILES string of the molecule is CCc1ccc(-c2cccc(C)c2S(=O)(=O)NC#N)cc1C. The molecule has 0 saturated heterocycles. The molecule has 0 fully saturated rings. The lowest BCUT2D eigenvalue weighted by atomic mass is 9.98. The van der Waals surface area contributed by atoms with Crippen LogP contribution in [0.5, 0.6) is 0 Å². The van der Waals surface area contributed by atoms with Gasteiger partial charge in [0.1, 0.15) is 0 Å². The molecule has 22 heavy (non-hydrogen) atoms. The summed E-state index contributed by atoms with van der Waals surface area (Å²) >= 11 is 0. The summed E-state index contributed by atoms with van der Waals surface area (Å²) in [6.07, 6.45) is 2.44. The van der Waals surface area contributed by atoms with E-state index in [0.717, 1.165) is 17.5 Å². The van der Waals surface area contributed by atoms with E-state index in [1.807, 2.05) is 35.9 Å². The lowest BCUT2D eigenvalue weighted by Crippen LogP contribution is -2.20. The second-order valence-electron chi connectivity index (χ2n) is 5.16. The van der Waals surface area contributed by atoms with Crippen LogP contribution in [0, 0.1) is 25.3 Å². The number of sulfonamides is 1. The molecule has 0 aliphatic rings. The number of hydrogen-bond acceptors (Lipinski definition) is 3. The van der Waals surface area contributed by atoms with Crippen molar-refractivity contribution < 1.29 is 8.42 Å². The molecule has 0 aliphatic carbocycles. The van der Waals surface area contributed by atoms with Crippen molar-refractivity contribution in [3.63, 3.8) is 0 Å². The van der Waals surface area contributed by atoms with Crippen molar-refractivity contribution in [1.29, 1.82) is 5.26 Å². The fourth-order valence-electron chi connectivity index (χ4n) is 2.61. The van der Waals surface area contributed by atoms with Crippen LogP contribution in [-0.2, 0) is 16.4 Å². The van der Waals surface area contributed by atoms with Crippen LogP contribution in [0.4, 0.5) is 0 Å². The van der Waals surface area contributed by atoms with E-state index in [2.05, 4.69) is 6.92 Å². The summed E-state index contributed by atoms with van der Waals surface area (Å²) in [6.45, 7) is 5.82. The van der Waals surface area contributed by atoms with Gasteiger partial charge in [0.25, 0.3) is 10.0 Å². The molecule has 4 nitrogen and oxygen atoms in total. The number of rotatable bonds is 4. The van der Waals surface area contributed by atoms with Gasteiger partial charge < -0.3 is 0 Å². The van der Waals surface area contributed by atoms with E-state index >= 15 is 0 Å². The molecule has 0 heterocycles. The minimum atomic E-state index is -3.86. The topological polar surface area (TPSA) is 70.0 Å². The van der Waals surface area contributed by atoms with E-state index in [4.69, 9.17) is 5.26 Å². The Kier molecular flexibility index (Phi) is 4.53. The van der Waals surface area contributed by atoms with E-state index < -0.39 is 10.0 Å². The van der Waals surface area contributed by atoms with Crippen molar-refractivity contribution >= 4 is 10.0 Å². The van der Waals surface area contributed by atoms with Gasteiger partial charge in [-0.25, -0.2) is 13.1 Å². The number of benzene rings is 2. The third-order valence-corrected chi connectivity index (χ3v) is 5.13. The zero-order valence-corrected chi connectivity index (χ0v) is 13.7. The van der Waals surface area contributed by atoms with Gasteiger partial charge in [-0.3, -0.25) is 0 Å². The molecule has 2 aromatic carbocycles. The van der Waals surface area contributed by atoms with E-state index in [1.165, 1.54) is 11.8 Å². The Bertz CT molecular complexity index is 849. The highest BCUT2D eigenvalue weighted by molar-refractivity contribution is 7.89. The number of hydrogen-bond donors (Lipinski definition) is 1. The summed E-state index contributed by atoms with van der Waals surface area (Å²) in [5.41, 5.74) is 4.40. The van der Waals surface area contributed by atoms with E-state index in [1.54, 1.807) is 19.1 Å². The first-order valence-electron chi connectivity index (χ1n) is 7.01. The summed E-state index contributed by atoms with van der Waals surface area (Å²) in [5, 5.41) is 8.69. The van der Waals surface area contributed by atoms with E-state index in [9.17, 15) is 8.42 Å².